The number of rotatable bonds is 4. The topological polar surface area (TPSA) is 49.6 Å². The minimum atomic E-state index is -0.254. The van der Waals surface area contributed by atoms with Crippen LogP contribution < -0.4 is 10.6 Å². The van der Waals surface area contributed by atoms with Crippen LogP contribution in [0.4, 0.5) is 5.69 Å². The first-order valence-electron chi connectivity index (χ1n) is 6.87. The van der Waals surface area contributed by atoms with Gasteiger partial charge in [-0.3, -0.25) is 9.69 Å². The second kappa shape index (κ2) is 6.06. The van der Waals surface area contributed by atoms with Gasteiger partial charge >= 0.3 is 0 Å². The highest BCUT2D eigenvalue weighted by molar-refractivity contribution is 5.75. The molecule has 2 N–H and O–H groups in total. The van der Waals surface area contributed by atoms with Crippen molar-refractivity contribution < 1.29 is 4.79 Å². The Morgan fingerprint density at radius 1 is 1.47 bits per heavy atom. The van der Waals surface area contributed by atoms with Crippen molar-refractivity contribution in [2.24, 2.45) is 5.73 Å². The minimum absolute atomic E-state index is 0.254. The lowest BCUT2D eigenvalue weighted by Gasteiger charge is -2.39. The number of aryl methyl sites for hydroxylation is 1. The van der Waals surface area contributed by atoms with E-state index in [4.69, 9.17) is 5.73 Å². The van der Waals surface area contributed by atoms with E-state index in [9.17, 15) is 4.79 Å². The third-order valence-corrected chi connectivity index (χ3v) is 3.88. The van der Waals surface area contributed by atoms with Crippen LogP contribution in [0.3, 0.4) is 0 Å². The van der Waals surface area contributed by atoms with Crippen LogP contribution in [-0.4, -0.2) is 43.5 Å². The average Bonchev–Trinajstić information content (AvgIpc) is 2.38. The molecule has 0 radical (unpaired) electrons. The van der Waals surface area contributed by atoms with Gasteiger partial charge in [-0.2, -0.15) is 0 Å². The largest absolute Gasteiger partial charge is 0.370 e. The zero-order valence-corrected chi connectivity index (χ0v) is 11.8. The van der Waals surface area contributed by atoms with Crippen LogP contribution in [0.2, 0.25) is 0 Å². The number of carbonyl (C=O) groups excluding carboxylic acids is 1. The molecule has 4 nitrogen and oxygen atoms in total. The Hall–Kier alpha value is -1.55. The molecule has 1 saturated heterocycles. The number of piperidine rings is 1. The van der Waals surface area contributed by atoms with Crippen LogP contribution in [0.25, 0.3) is 0 Å². The number of hydrogen-bond donors (Lipinski definition) is 1. The van der Waals surface area contributed by atoms with Crippen LogP contribution in [-0.2, 0) is 4.79 Å². The van der Waals surface area contributed by atoms with E-state index in [0.717, 1.165) is 25.9 Å². The van der Waals surface area contributed by atoms with Crippen molar-refractivity contribution in [3.63, 3.8) is 0 Å². The maximum absolute atomic E-state index is 11.0. The smallest absolute Gasteiger partial charge is 0.231 e. The van der Waals surface area contributed by atoms with Gasteiger partial charge in [0.15, 0.2) is 0 Å². The van der Waals surface area contributed by atoms with Crippen LogP contribution in [0, 0.1) is 6.92 Å². The number of nitrogens with zero attached hydrogens (tertiary/aromatic N) is 2. The Kier molecular flexibility index (Phi) is 4.43. The summed E-state index contributed by atoms with van der Waals surface area (Å²) in [6.45, 7) is 4.54. The first-order valence-corrected chi connectivity index (χ1v) is 6.87. The van der Waals surface area contributed by atoms with Gasteiger partial charge in [-0.25, -0.2) is 0 Å². The van der Waals surface area contributed by atoms with Gasteiger partial charge in [0.2, 0.25) is 5.91 Å². The van der Waals surface area contributed by atoms with Gasteiger partial charge in [-0.05, 0) is 38.4 Å². The number of benzene rings is 1. The summed E-state index contributed by atoms with van der Waals surface area (Å²) in [7, 11) is 1.98. The molecule has 4 heteroatoms. The SMILES string of the molecule is Cc1ccccc1N1CCCC(N(C)CC(N)=O)C1. The zero-order valence-electron chi connectivity index (χ0n) is 11.8. The molecule has 1 fully saturated rings. The second-order valence-corrected chi connectivity index (χ2v) is 5.41. The molecule has 0 saturated carbocycles. The van der Waals surface area contributed by atoms with Crippen molar-refractivity contribution in [2.45, 2.75) is 25.8 Å². The molecular weight excluding hydrogens is 238 g/mol. The lowest BCUT2D eigenvalue weighted by Crippen LogP contribution is -2.48. The number of nitrogens with two attached hydrogens (primary N) is 1. The van der Waals surface area contributed by atoms with E-state index in [-0.39, 0.29) is 5.91 Å². The minimum Gasteiger partial charge on any atom is -0.370 e. The molecule has 2 rings (SSSR count). The third-order valence-electron chi connectivity index (χ3n) is 3.88. The summed E-state index contributed by atoms with van der Waals surface area (Å²) in [6, 6.07) is 8.87. The number of anilines is 1. The van der Waals surface area contributed by atoms with E-state index in [1.165, 1.54) is 11.3 Å². The predicted molar refractivity (Wildman–Crippen MR) is 78.2 cm³/mol. The molecule has 104 valence electrons. The maximum Gasteiger partial charge on any atom is 0.231 e. The van der Waals surface area contributed by atoms with E-state index in [0.29, 0.717) is 12.6 Å². The lowest BCUT2D eigenvalue weighted by atomic mass is 10.0. The molecule has 1 amide bonds. The summed E-state index contributed by atoms with van der Waals surface area (Å²) < 4.78 is 0. The fraction of sp³-hybridized carbons (Fsp3) is 0.533. The summed E-state index contributed by atoms with van der Waals surface area (Å²) in [5.74, 6) is -0.254. The normalized spacial score (nSPS) is 19.7. The van der Waals surface area contributed by atoms with Crippen molar-refractivity contribution in [1.82, 2.24) is 4.90 Å². The Morgan fingerprint density at radius 3 is 2.89 bits per heavy atom. The molecule has 1 aliphatic heterocycles. The monoisotopic (exact) mass is 261 g/mol. The van der Waals surface area contributed by atoms with Gasteiger partial charge in [0.25, 0.3) is 0 Å². The van der Waals surface area contributed by atoms with Gasteiger partial charge in [-0.15, -0.1) is 0 Å². The number of amides is 1. The molecule has 0 aliphatic carbocycles. The molecule has 0 aromatic heterocycles. The quantitative estimate of drug-likeness (QED) is 0.891. The van der Waals surface area contributed by atoms with E-state index >= 15 is 0 Å². The van der Waals surface area contributed by atoms with Crippen LogP contribution in [0.5, 0.6) is 0 Å². The van der Waals surface area contributed by atoms with Gasteiger partial charge in [0, 0.05) is 24.8 Å². The molecule has 1 aromatic rings. The third kappa shape index (κ3) is 3.47. The molecule has 1 atom stereocenters. The summed E-state index contributed by atoms with van der Waals surface area (Å²) in [4.78, 5) is 15.5. The molecule has 19 heavy (non-hydrogen) atoms. The van der Waals surface area contributed by atoms with E-state index < -0.39 is 0 Å². The molecule has 1 heterocycles. The Morgan fingerprint density at radius 2 is 2.21 bits per heavy atom. The number of hydrogen-bond acceptors (Lipinski definition) is 3. The van der Waals surface area contributed by atoms with Gasteiger partial charge < -0.3 is 10.6 Å². The number of carbonyl (C=O) groups is 1. The number of para-hydroxylation sites is 1. The summed E-state index contributed by atoms with van der Waals surface area (Å²) in [5.41, 5.74) is 7.89. The Labute approximate surface area is 115 Å². The zero-order chi connectivity index (χ0) is 13.8. The first-order chi connectivity index (χ1) is 9.08. The van der Waals surface area contributed by atoms with Crippen molar-refractivity contribution in [2.75, 3.05) is 31.6 Å². The van der Waals surface area contributed by atoms with Gasteiger partial charge in [-0.1, -0.05) is 18.2 Å². The molecule has 1 aromatic carbocycles. The second-order valence-electron chi connectivity index (χ2n) is 5.41. The summed E-state index contributed by atoms with van der Waals surface area (Å²) >= 11 is 0. The van der Waals surface area contributed by atoms with E-state index in [1.54, 1.807) is 0 Å². The van der Waals surface area contributed by atoms with Crippen molar-refractivity contribution in [3.8, 4) is 0 Å². The highest BCUT2D eigenvalue weighted by atomic mass is 16.1. The Bertz CT molecular complexity index is 447. The summed E-state index contributed by atoms with van der Waals surface area (Å²) in [5, 5.41) is 0. The van der Waals surface area contributed by atoms with Crippen molar-refractivity contribution in [1.29, 1.82) is 0 Å². The Balaban J connectivity index is 2.05. The molecule has 0 bridgehead atoms. The molecule has 0 spiro atoms. The number of primary amides is 1. The van der Waals surface area contributed by atoms with E-state index in [2.05, 4.69) is 41.0 Å². The van der Waals surface area contributed by atoms with Crippen LogP contribution >= 0.6 is 0 Å². The van der Waals surface area contributed by atoms with Crippen molar-refractivity contribution in [3.05, 3.63) is 29.8 Å². The number of likely N-dealkylation sites (N-methyl/N-ethyl adjacent to an activating group) is 1. The standard InChI is InChI=1S/C15H23N3O/c1-12-6-3-4-8-14(12)18-9-5-7-13(10-18)17(2)11-15(16)19/h3-4,6,8,13H,5,7,9-11H2,1-2H3,(H2,16,19). The molecule has 1 aliphatic rings. The van der Waals surface area contributed by atoms with Crippen LogP contribution in [0.15, 0.2) is 24.3 Å². The molecule has 1 unspecified atom stereocenters. The van der Waals surface area contributed by atoms with Crippen LogP contribution in [0.1, 0.15) is 18.4 Å². The maximum atomic E-state index is 11.0. The fourth-order valence-corrected chi connectivity index (χ4v) is 2.83. The summed E-state index contributed by atoms with van der Waals surface area (Å²) in [6.07, 6.45) is 2.29. The molecular formula is C15H23N3O. The first kappa shape index (κ1) is 13.9. The predicted octanol–water partition coefficient (Wildman–Crippen LogP) is 1.38. The highest BCUT2D eigenvalue weighted by Gasteiger charge is 2.24. The average molecular weight is 261 g/mol. The van der Waals surface area contributed by atoms with Gasteiger partial charge in [0.1, 0.15) is 0 Å². The van der Waals surface area contributed by atoms with E-state index in [1.807, 2.05) is 7.05 Å². The fourth-order valence-electron chi connectivity index (χ4n) is 2.83. The van der Waals surface area contributed by atoms with Crippen molar-refractivity contribution >= 4 is 11.6 Å². The lowest BCUT2D eigenvalue weighted by molar-refractivity contribution is -0.119. The highest BCUT2D eigenvalue weighted by Crippen LogP contribution is 2.24. The van der Waals surface area contributed by atoms with Gasteiger partial charge in [0.05, 0.1) is 6.54 Å².